The van der Waals surface area contributed by atoms with Gasteiger partial charge in [0.15, 0.2) is 23.3 Å². The van der Waals surface area contributed by atoms with Crippen molar-refractivity contribution in [3.8, 4) is 39.9 Å². The minimum Gasteiger partial charge on any atom is -0.285 e. The summed E-state index contributed by atoms with van der Waals surface area (Å²) in [4.78, 5) is 45.4. The molecule has 0 saturated heterocycles. The molecule has 0 unspecified atom stereocenters. The second-order valence-corrected chi connectivity index (χ2v) is 9.27. The number of hydrogen-bond acceptors (Lipinski definition) is 6. The van der Waals surface area contributed by atoms with Gasteiger partial charge in [0.2, 0.25) is 5.78 Å². The van der Waals surface area contributed by atoms with Gasteiger partial charge in [0.25, 0.3) is 5.56 Å². The van der Waals surface area contributed by atoms with Crippen LogP contribution in [-0.2, 0) is 0 Å². The van der Waals surface area contributed by atoms with Crippen molar-refractivity contribution in [1.82, 2.24) is 24.5 Å². The summed E-state index contributed by atoms with van der Waals surface area (Å²) >= 11 is 6.11. The summed E-state index contributed by atoms with van der Waals surface area (Å²) in [6.07, 6.45) is 0. The fraction of sp³-hybridized carbons (Fsp3) is 0. The van der Waals surface area contributed by atoms with Crippen molar-refractivity contribution >= 4 is 28.3 Å². The molecule has 180 valence electrons. The Balaban J connectivity index is 1.41. The first-order valence-corrected chi connectivity index (χ1v) is 12.2. The lowest BCUT2D eigenvalue weighted by Gasteiger charge is -2.09. The molecule has 0 amide bonds. The van der Waals surface area contributed by atoms with Gasteiger partial charge in [-0.15, -0.1) is 0 Å². The molecule has 1 aliphatic rings. The van der Waals surface area contributed by atoms with Crippen LogP contribution in [0.5, 0.6) is 0 Å². The van der Waals surface area contributed by atoms with Gasteiger partial charge in [-0.3, -0.25) is 14.2 Å². The highest BCUT2D eigenvalue weighted by atomic mass is 35.5. The van der Waals surface area contributed by atoms with E-state index >= 15 is 0 Å². The third-order valence-electron chi connectivity index (χ3n) is 6.47. The monoisotopic (exact) mass is 513 g/mol. The second kappa shape index (κ2) is 8.54. The topological polar surface area (TPSA) is 90.6 Å². The zero-order valence-corrected chi connectivity index (χ0v) is 20.4. The van der Waals surface area contributed by atoms with Crippen LogP contribution in [0.15, 0.2) is 102 Å². The SMILES string of the molecule is O=C1c2cc(-c3nc(-c4ccccc4)nc(-c4ccccc4)n3)ccc2-n2c1nc1ccc(Cl)cc1c2=O. The summed E-state index contributed by atoms with van der Waals surface area (Å²) in [6.45, 7) is 0. The number of nitrogens with zero attached hydrogens (tertiary/aromatic N) is 5. The van der Waals surface area contributed by atoms with E-state index in [1.54, 1.807) is 36.4 Å². The molecule has 6 aromatic rings. The van der Waals surface area contributed by atoms with Crippen molar-refractivity contribution in [3.63, 3.8) is 0 Å². The van der Waals surface area contributed by atoms with Crippen molar-refractivity contribution in [2.45, 2.75) is 0 Å². The molecule has 0 spiro atoms. The van der Waals surface area contributed by atoms with Crippen LogP contribution in [0.1, 0.15) is 16.2 Å². The Morgan fingerprint density at radius 2 is 1.21 bits per heavy atom. The summed E-state index contributed by atoms with van der Waals surface area (Å²) in [6, 6.07) is 29.4. The van der Waals surface area contributed by atoms with Gasteiger partial charge in [-0.05, 0) is 36.4 Å². The van der Waals surface area contributed by atoms with Crippen molar-refractivity contribution < 1.29 is 4.79 Å². The number of carbonyl (C=O) groups is 1. The van der Waals surface area contributed by atoms with E-state index in [1.165, 1.54) is 4.57 Å². The molecule has 0 fully saturated rings. The predicted molar refractivity (Wildman–Crippen MR) is 145 cm³/mol. The minimum absolute atomic E-state index is 0.0718. The Bertz CT molecular complexity index is 1910. The third kappa shape index (κ3) is 3.52. The van der Waals surface area contributed by atoms with Gasteiger partial charge in [0.1, 0.15) is 0 Å². The number of aromatic nitrogens is 5. The summed E-state index contributed by atoms with van der Waals surface area (Å²) in [5.41, 5.74) is 3.22. The molecule has 0 atom stereocenters. The highest BCUT2D eigenvalue weighted by Gasteiger charge is 2.31. The summed E-state index contributed by atoms with van der Waals surface area (Å²) in [5, 5.41) is 0.776. The Morgan fingerprint density at radius 3 is 1.84 bits per heavy atom. The molecule has 7 rings (SSSR count). The number of rotatable bonds is 3. The predicted octanol–water partition coefficient (Wildman–Crippen LogP) is 5.77. The Kier molecular flexibility index (Phi) is 4.99. The molecule has 2 aromatic heterocycles. The molecule has 7 nitrogen and oxygen atoms in total. The molecule has 8 heteroatoms. The van der Waals surface area contributed by atoms with Crippen LogP contribution in [-0.4, -0.2) is 30.3 Å². The molecule has 4 aromatic carbocycles. The Hall–Kier alpha value is -5.01. The number of halogens is 1. The maximum Gasteiger partial charge on any atom is 0.266 e. The number of hydrogen-bond donors (Lipinski definition) is 0. The molecule has 0 N–H and O–H groups in total. The Labute approximate surface area is 221 Å². The zero-order valence-electron chi connectivity index (χ0n) is 19.7. The molecule has 0 aliphatic carbocycles. The molecule has 1 aliphatic heterocycles. The van der Waals surface area contributed by atoms with E-state index in [1.807, 2.05) is 60.7 Å². The fourth-order valence-corrected chi connectivity index (χ4v) is 4.82. The van der Waals surface area contributed by atoms with Gasteiger partial charge < -0.3 is 0 Å². The fourth-order valence-electron chi connectivity index (χ4n) is 4.64. The molecule has 38 heavy (non-hydrogen) atoms. The summed E-state index contributed by atoms with van der Waals surface area (Å²) in [5.74, 6) is 1.19. The highest BCUT2D eigenvalue weighted by Crippen LogP contribution is 2.31. The van der Waals surface area contributed by atoms with E-state index in [-0.39, 0.29) is 17.2 Å². The highest BCUT2D eigenvalue weighted by molar-refractivity contribution is 6.31. The normalized spacial score (nSPS) is 12.0. The first-order chi connectivity index (χ1) is 18.6. The first-order valence-electron chi connectivity index (χ1n) is 11.9. The van der Waals surface area contributed by atoms with Crippen LogP contribution in [0.25, 0.3) is 50.8 Å². The maximum atomic E-state index is 13.4. The van der Waals surface area contributed by atoms with Gasteiger partial charge in [-0.25, -0.2) is 19.9 Å². The maximum absolute atomic E-state index is 13.4. The van der Waals surface area contributed by atoms with Gasteiger partial charge in [0, 0.05) is 21.7 Å². The molecule has 0 bridgehead atoms. The van der Waals surface area contributed by atoms with Crippen molar-refractivity contribution in [2.24, 2.45) is 0 Å². The van der Waals surface area contributed by atoms with Gasteiger partial charge in [-0.2, -0.15) is 0 Å². The van der Waals surface area contributed by atoms with E-state index in [4.69, 9.17) is 26.6 Å². The van der Waals surface area contributed by atoms with Crippen LogP contribution >= 0.6 is 11.6 Å². The molecule has 0 saturated carbocycles. The van der Waals surface area contributed by atoms with E-state index in [0.29, 0.717) is 50.2 Å². The molecular weight excluding hydrogens is 498 g/mol. The van der Waals surface area contributed by atoms with Crippen LogP contribution in [0.4, 0.5) is 0 Å². The van der Waals surface area contributed by atoms with Crippen LogP contribution < -0.4 is 5.56 Å². The van der Waals surface area contributed by atoms with E-state index in [9.17, 15) is 9.59 Å². The first kappa shape index (κ1) is 22.2. The second-order valence-electron chi connectivity index (χ2n) is 8.84. The number of ketones is 1. The summed E-state index contributed by atoms with van der Waals surface area (Å²) < 4.78 is 1.35. The molecular formula is C30H16ClN5O2. The average Bonchev–Trinajstić information content (AvgIpc) is 3.25. The van der Waals surface area contributed by atoms with Crippen molar-refractivity contribution in [3.05, 3.63) is 124 Å². The lowest BCUT2D eigenvalue weighted by molar-refractivity contribution is 0.103. The van der Waals surface area contributed by atoms with Gasteiger partial charge >= 0.3 is 0 Å². The van der Waals surface area contributed by atoms with E-state index < -0.39 is 0 Å². The largest absolute Gasteiger partial charge is 0.285 e. The minimum atomic E-state index is -0.342. The van der Waals surface area contributed by atoms with Crippen molar-refractivity contribution in [1.29, 1.82) is 0 Å². The lowest BCUT2D eigenvalue weighted by atomic mass is 10.1. The zero-order chi connectivity index (χ0) is 25.8. The van der Waals surface area contributed by atoms with Crippen LogP contribution in [0.2, 0.25) is 5.02 Å². The molecule has 0 radical (unpaired) electrons. The smallest absolute Gasteiger partial charge is 0.266 e. The molecule has 3 heterocycles. The average molecular weight is 514 g/mol. The standard InChI is InChI=1S/C30H16ClN5O2/c31-20-12-13-23-21(16-20)30(38)36-24-14-11-19(15-22(24)25(37)29(36)32-23)28-34-26(17-7-3-1-4-8-17)33-27(35-28)18-9-5-2-6-10-18/h1-16H. The van der Waals surface area contributed by atoms with E-state index in [0.717, 1.165) is 11.1 Å². The lowest BCUT2D eigenvalue weighted by Crippen LogP contribution is -2.21. The summed E-state index contributed by atoms with van der Waals surface area (Å²) in [7, 11) is 0. The van der Waals surface area contributed by atoms with Crippen LogP contribution in [0.3, 0.4) is 0 Å². The number of fused-ring (bicyclic) bond motifs is 4. The number of carbonyl (C=O) groups excluding carboxylic acids is 1. The van der Waals surface area contributed by atoms with Gasteiger partial charge in [0.05, 0.1) is 22.2 Å². The quantitative estimate of drug-likeness (QED) is 0.298. The Morgan fingerprint density at radius 1 is 0.605 bits per heavy atom. The number of benzene rings is 4. The van der Waals surface area contributed by atoms with Crippen LogP contribution in [0, 0.1) is 0 Å². The third-order valence-corrected chi connectivity index (χ3v) is 6.71. The van der Waals surface area contributed by atoms with E-state index in [2.05, 4.69) is 4.98 Å². The van der Waals surface area contributed by atoms with Crippen molar-refractivity contribution in [2.75, 3.05) is 0 Å². The van der Waals surface area contributed by atoms with Gasteiger partial charge in [-0.1, -0.05) is 72.3 Å².